The summed E-state index contributed by atoms with van der Waals surface area (Å²) >= 11 is 0. The van der Waals surface area contributed by atoms with Crippen LogP contribution in [0.3, 0.4) is 0 Å². The number of rotatable bonds is 8. The zero-order chi connectivity index (χ0) is 14.3. The molecule has 0 fully saturated rings. The normalized spacial score (nSPS) is 11.6. The Bertz CT molecular complexity index is 503. The molecular formula is C12H21N3O3S. The Labute approximate surface area is 113 Å². The lowest BCUT2D eigenvalue weighted by Gasteiger charge is -2.09. The van der Waals surface area contributed by atoms with Gasteiger partial charge in [-0.1, -0.05) is 12.8 Å². The van der Waals surface area contributed by atoms with Crippen LogP contribution in [0.15, 0.2) is 23.1 Å². The van der Waals surface area contributed by atoms with Crippen LogP contribution in [-0.4, -0.2) is 26.7 Å². The number of hydrogen-bond acceptors (Lipinski definition) is 5. The standard InChI is InChI=1S/C12H21N3O3S/c13-10-5-6-11(14)12(9-10)19(17,18)15-7-3-1-2-4-8-16/h5-6,9,15-16H,1-4,7-8,13-14H2. The Morgan fingerprint density at radius 3 is 2.47 bits per heavy atom. The third-order valence-electron chi connectivity index (χ3n) is 2.70. The summed E-state index contributed by atoms with van der Waals surface area (Å²) in [5.74, 6) is 0. The molecule has 1 aromatic rings. The second-order valence-electron chi connectivity index (χ2n) is 4.33. The van der Waals surface area contributed by atoms with Crippen molar-refractivity contribution in [2.45, 2.75) is 30.6 Å². The van der Waals surface area contributed by atoms with Gasteiger partial charge in [0.2, 0.25) is 10.0 Å². The van der Waals surface area contributed by atoms with Crippen LogP contribution in [-0.2, 0) is 10.0 Å². The van der Waals surface area contributed by atoms with Crippen LogP contribution in [0.25, 0.3) is 0 Å². The molecule has 0 aliphatic rings. The van der Waals surface area contributed by atoms with E-state index in [2.05, 4.69) is 4.72 Å². The molecule has 0 bridgehead atoms. The van der Waals surface area contributed by atoms with Crippen LogP contribution in [0.1, 0.15) is 25.7 Å². The van der Waals surface area contributed by atoms with Crippen molar-refractivity contribution in [3.63, 3.8) is 0 Å². The number of nitrogens with two attached hydrogens (primary N) is 2. The van der Waals surface area contributed by atoms with Crippen molar-refractivity contribution in [3.8, 4) is 0 Å². The molecule has 6 N–H and O–H groups in total. The molecule has 0 aromatic heterocycles. The van der Waals surface area contributed by atoms with E-state index in [0.717, 1.165) is 25.7 Å². The highest BCUT2D eigenvalue weighted by molar-refractivity contribution is 7.89. The van der Waals surface area contributed by atoms with Gasteiger partial charge >= 0.3 is 0 Å². The summed E-state index contributed by atoms with van der Waals surface area (Å²) in [4.78, 5) is 0.0165. The number of unbranched alkanes of at least 4 members (excludes halogenated alkanes) is 3. The maximum Gasteiger partial charge on any atom is 0.242 e. The molecule has 0 amide bonds. The molecule has 108 valence electrons. The average molecular weight is 287 g/mol. The summed E-state index contributed by atoms with van der Waals surface area (Å²) in [6, 6.07) is 4.39. The minimum atomic E-state index is -3.61. The Balaban J connectivity index is 2.54. The highest BCUT2D eigenvalue weighted by Crippen LogP contribution is 2.20. The van der Waals surface area contributed by atoms with Crippen LogP contribution in [0, 0.1) is 0 Å². The Hall–Kier alpha value is -1.31. The first-order valence-corrected chi connectivity index (χ1v) is 7.71. The van der Waals surface area contributed by atoms with Gasteiger partial charge < -0.3 is 16.6 Å². The molecule has 0 atom stereocenters. The number of aliphatic hydroxyl groups is 1. The second-order valence-corrected chi connectivity index (χ2v) is 6.07. The molecule has 0 radical (unpaired) electrons. The first-order valence-electron chi connectivity index (χ1n) is 6.23. The number of nitrogens with one attached hydrogen (secondary N) is 1. The van der Waals surface area contributed by atoms with Crippen molar-refractivity contribution in [2.24, 2.45) is 0 Å². The van der Waals surface area contributed by atoms with Gasteiger partial charge in [-0.15, -0.1) is 0 Å². The fourth-order valence-electron chi connectivity index (χ4n) is 1.66. The van der Waals surface area contributed by atoms with Crippen LogP contribution < -0.4 is 16.2 Å². The molecule has 6 nitrogen and oxygen atoms in total. The van der Waals surface area contributed by atoms with Crippen LogP contribution in [0.2, 0.25) is 0 Å². The first kappa shape index (κ1) is 15.7. The van der Waals surface area contributed by atoms with E-state index in [1.165, 1.54) is 12.1 Å². The van der Waals surface area contributed by atoms with Crippen molar-refractivity contribution < 1.29 is 13.5 Å². The van der Waals surface area contributed by atoms with Crippen LogP contribution >= 0.6 is 0 Å². The van der Waals surface area contributed by atoms with Crippen molar-refractivity contribution >= 4 is 21.4 Å². The van der Waals surface area contributed by atoms with E-state index >= 15 is 0 Å². The van der Waals surface area contributed by atoms with Crippen molar-refractivity contribution in [1.29, 1.82) is 0 Å². The van der Waals surface area contributed by atoms with Crippen molar-refractivity contribution in [2.75, 3.05) is 24.6 Å². The van der Waals surface area contributed by atoms with Crippen LogP contribution in [0.5, 0.6) is 0 Å². The van der Waals surface area contributed by atoms with E-state index in [1.807, 2.05) is 0 Å². The van der Waals surface area contributed by atoms with E-state index in [0.29, 0.717) is 12.2 Å². The van der Waals surface area contributed by atoms with E-state index in [1.54, 1.807) is 6.07 Å². The fraction of sp³-hybridized carbons (Fsp3) is 0.500. The highest BCUT2D eigenvalue weighted by Gasteiger charge is 2.16. The Kier molecular flexibility index (Phi) is 6.07. The molecule has 0 aliphatic carbocycles. The fourth-order valence-corrected chi connectivity index (χ4v) is 2.90. The molecule has 7 heteroatoms. The van der Waals surface area contributed by atoms with Gasteiger partial charge in [0.1, 0.15) is 4.90 Å². The number of benzene rings is 1. The quantitative estimate of drug-likeness (QED) is 0.414. The van der Waals surface area contributed by atoms with Crippen molar-refractivity contribution in [3.05, 3.63) is 18.2 Å². The number of anilines is 2. The largest absolute Gasteiger partial charge is 0.399 e. The molecular weight excluding hydrogens is 266 g/mol. The topological polar surface area (TPSA) is 118 Å². The Morgan fingerprint density at radius 1 is 1.11 bits per heavy atom. The average Bonchev–Trinajstić information content (AvgIpc) is 2.36. The Morgan fingerprint density at radius 2 is 1.79 bits per heavy atom. The SMILES string of the molecule is Nc1ccc(N)c(S(=O)(=O)NCCCCCCO)c1. The molecule has 0 saturated heterocycles. The summed E-state index contributed by atoms with van der Waals surface area (Å²) in [5, 5.41) is 8.62. The zero-order valence-electron chi connectivity index (χ0n) is 10.8. The first-order chi connectivity index (χ1) is 8.97. The summed E-state index contributed by atoms with van der Waals surface area (Å²) in [6.07, 6.45) is 3.23. The molecule has 1 rings (SSSR count). The lowest BCUT2D eigenvalue weighted by Crippen LogP contribution is -2.25. The molecule has 0 aliphatic heterocycles. The molecule has 0 spiro atoms. The van der Waals surface area contributed by atoms with Gasteiger partial charge in [-0.25, -0.2) is 13.1 Å². The van der Waals surface area contributed by atoms with Crippen molar-refractivity contribution in [1.82, 2.24) is 4.72 Å². The predicted molar refractivity (Wildman–Crippen MR) is 76.0 cm³/mol. The van der Waals surface area contributed by atoms with E-state index in [-0.39, 0.29) is 17.2 Å². The van der Waals surface area contributed by atoms with Gasteiger partial charge in [0.05, 0.1) is 5.69 Å². The smallest absolute Gasteiger partial charge is 0.242 e. The monoisotopic (exact) mass is 287 g/mol. The third-order valence-corrected chi connectivity index (χ3v) is 4.22. The van der Waals surface area contributed by atoms with E-state index < -0.39 is 10.0 Å². The van der Waals surface area contributed by atoms with E-state index in [4.69, 9.17) is 16.6 Å². The summed E-state index contributed by atoms with van der Waals surface area (Å²) in [7, 11) is -3.61. The molecule has 1 aromatic carbocycles. The van der Waals surface area contributed by atoms with Gasteiger partial charge in [0.15, 0.2) is 0 Å². The maximum absolute atomic E-state index is 12.0. The molecule has 0 heterocycles. The summed E-state index contributed by atoms with van der Waals surface area (Å²) < 4.78 is 26.5. The minimum absolute atomic E-state index is 0.0165. The third kappa shape index (κ3) is 5.06. The number of hydrogen-bond donors (Lipinski definition) is 4. The number of aliphatic hydroxyl groups excluding tert-OH is 1. The zero-order valence-corrected chi connectivity index (χ0v) is 11.6. The molecule has 0 unspecified atom stereocenters. The predicted octanol–water partition coefficient (Wildman–Crippen LogP) is 0.682. The minimum Gasteiger partial charge on any atom is -0.399 e. The lowest BCUT2D eigenvalue weighted by molar-refractivity contribution is 0.282. The summed E-state index contributed by atoms with van der Waals surface area (Å²) in [6.45, 7) is 0.521. The van der Waals surface area contributed by atoms with Gasteiger partial charge in [-0.2, -0.15) is 0 Å². The molecule has 19 heavy (non-hydrogen) atoms. The highest BCUT2D eigenvalue weighted by atomic mass is 32.2. The molecule has 0 saturated carbocycles. The second kappa shape index (κ2) is 7.32. The van der Waals surface area contributed by atoms with Gasteiger partial charge in [-0.05, 0) is 31.0 Å². The van der Waals surface area contributed by atoms with Crippen LogP contribution in [0.4, 0.5) is 11.4 Å². The lowest BCUT2D eigenvalue weighted by atomic mass is 10.2. The maximum atomic E-state index is 12.0. The van der Waals surface area contributed by atoms with E-state index in [9.17, 15) is 8.42 Å². The van der Waals surface area contributed by atoms with Gasteiger partial charge in [0.25, 0.3) is 0 Å². The number of sulfonamides is 1. The van der Waals surface area contributed by atoms with Gasteiger partial charge in [-0.3, -0.25) is 0 Å². The summed E-state index contributed by atoms with van der Waals surface area (Å²) in [5.41, 5.74) is 11.7. The van der Waals surface area contributed by atoms with Gasteiger partial charge in [0, 0.05) is 18.8 Å². The number of nitrogen functional groups attached to an aromatic ring is 2.